The third-order valence-electron chi connectivity index (χ3n) is 4.16. The second-order valence-corrected chi connectivity index (χ2v) is 6.26. The molecule has 1 atom stereocenters. The van der Waals surface area contributed by atoms with Gasteiger partial charge in [-0.05, 0) is 31.2 Å². The van der Waals surface area contributed by atoms with Crippen LogP contribution in [0.4, 0.5) is 0 Å². The van der Waals surface area contributed by atoms with E-state index >= 15 is 0 Å². The van der Waals surface area contributed by atoms with E-state index in [4.69, 9.17) is 0 Å². The highest BCUT2D eigenvalue weighted by Gasteiger charge is 2.30. The van der Waals surface area contributed by atoms with Crippen LogP contribution in [0.1, 0.15) is 38.3 Å². The number of carbonyl (C=O) groups is 3. The van der Waals surface area contributed by atoms with E-state index in [1.807, 2.05) is 42.2 Å². The molecule has 0 bridgehead atoms. The van der Waals surface area contributed by atoms with E-state index in [-0.39, 0.29) is 36.9 Å². The first-order chi connectivity index (χ1) is 11.5. The van der Waals surface area contributed by atoms with Gasteiger partial charge in [0.1, 0.15) is 0 Å². The second kappa shape index (κ2) is 8.47. The molecule has 1 aromatic rings. The molecular formula is C18H25N3O3. The average Bonchev–Trinajstić information content (AvgIpc) is 3.40. The van der Waals surface area contributed by atoms with Crippen molar-refractivity contribution in [2.24, 2.45) is 5.92 Å². The topological polar surface area (TPSA) is 78.5 Å². The van der Waals surface area contributed by atoms with Crippen molar-refractivity contribution in [3.05, 3.63) is 35.9 Å². The van der Waals surface area contributed by atoms with Crippen LogP contribution < -0.4 is 10.6 Å². The van der Waals surface area contributed by atoms with Crippen LogP contribution in [0.5, 0.6) is 0 Å². The fourth-order valence-electron chi connectivity index (χ4n) is 2.51. The van der Waals surface area contributed by atoms with Crippen LogP contribution >= 0.6 is 0 Å². The molecule has 1 aliphatic carbocycles. The summed E-state index contributed by atoms with van der Waals surface area (Å²) in [7, 11) is 0. The molecule has 3 amide bonds. The first-order valence-electron chi connectivity index (χ1n) is 8.33. The smallest absolute Gasteiger partial charge is 0.242 e. The van der Waals surface area contributed by atoms with Gasteiger partial charge in [0.25, 0.3) is 0 Å². The number of nitrogens with zero attached hydrogens (tertiary/aromatic N) is 1. The highest BCUT2D eigenvalue weighted by molar-refractivity contribution is 5.87. The van der Waals surface area contributed by atoms with E-state index in [9.17, 15) is 14.4 Å². The molecule has 6 nitrogen and oxygen atoms in total. The van der Waals surface area contributed by atoms with Gasteiger partial charge < -0.3 is 15.5 Å². The number of benzene rings is 1. The Bertz CT molecular complexity index is 584. The predicted octanol–water partition coefficient (Wildman–Crippen LogP) is 1.24. The highest BCUT2D eigenvalue weighted by atomic mass is 16.2. The summed E-state index contributed by atoms with van der Waals surface area (Å²) in [4.78, 5) is 36.9. The number of hydrogen-bond donors (Lipinski definition) is 2. The molecule has 130 valence electrons. The Labute approximate surface area is 142 Å². The van der Waals surface area contributed by atoms with Crippen molar-refractivity contribution in [1.29, 1.82) is 0 Å². The molecule has 0 aromatic heterocycles. The lowest BCUT2D eigenvalue weighted by Gasteiger charge is -2.30. The van der Waals surface area contributed by atoms with E-state index in [2.05, 4.69) is 10.6 Å². The van der Waals surface area contributed by atoms with Gasteiger partial charge in [-0.15, -0.1) is 0 Å². The highest BCUT2D eigenvalue weighted by Crippen LogP contribution is 2.32. The average molecular weight is 331 g/mol. The molecule has 0 radical (unpaired) electrons. The van der Waals surface area contributed by atoms with Crippen molar-refractivity contribution in [1.82, 2.24) is 15.5 Å². The lowest BCUT2D eigenvalue weighted by atomic mass is 10.1. The van der Waals surface area contributed by atoms with Gasteiger partial charge in [0.2, 0.25) is 17.7 Å². The number of nitrogens with one attached hydrogen (secondary N) is 2. The summed E-state index contributed by atoms with van der Waals surface area (Å²) in [5.74, 6) is -0.175. The van der Waals surface area contributed by atoms with E-state index < -0.39 is 0 Å². The fourth-order valence-corrected chi connectivity index (χ4v) is 2.51. The molecule has 2 rings (SSSR count). The van der Waals surface area contributed by atoms with Gasteiger partial charge in [0.15, 0.2) is 0 Å². The maximum absolute atomic E-state index is 12.6. The van der Waals surface area contributed by atoms with Crippen molar-refractivity contribution >= 4 is 17.7 Å². The molecule has 0 heterocycles. The van der Waals surface area contributed by atoms with Crippen molar-refractivity contribution in [2.45, 2.75) is 32.7 Å². The molecular weight excluding hydrogens is 306 g/mol. The minimum absolute atomic E-state index is 0.0356. The molecule has 0 aliphatic heterocycles. The zero-order valence-electron chi connectivity index (χ0n) is 14.2. The molecule has 1 saturated carbocycles. The summed E-state index contributed by atoms with van der Waals surface area (Å²) in [6.45, 7) is 3.91. The first kappa shape index (κ1) is 18.0. The van der Waals surface area contributed by atoms with Crippen LogP contribution in [0.3, 0.4) is 0 Å². The molecule has 1 fully saturated rings. The molecule has 0 saturated heterocycles. The number of amides is 3. The normalized spacial score (nSPS) is 14.6. The Hall–Kier alpha value is -2.37. The Morgan fingerprint density at radius 2 is 1.79 bits per heavy atom. The van der Waals surface area contributed by atoms with Crippen LogP contribution in [0.25, 0.3) is 0 Å². The summed E-state index contributed by atoms with van der Waals surface area (Å²) in [6, 6.07) is 9.85. The van der Waals surface area contributed by atoms with E-state index in [0.29, 0.717) is 5.92 Å². The first-order valence-corrected chi connectivity index (χ1v) is 8.33. The van der Waals surface area contributed by atoms with Crippen molar-refractivity contribution in [3.63, 3.8) is 0 Å². The van der Waals surface area contributed by atoms with Gasteiger partial charge in [-0.1, -0.05) is 30.3 Å². The van der Waals surface area contributed by atoms with Crippen LogP contribution in [0, 0.1) is 5.92 Å². The third-order valence-corrected chi connectivity index (χ3v) is 4.16. The van der Waals surface area contributed by atoms with Crippen molar-refractivity contribution in [2.75, 3.05) is 19.6 Å². The van der Waals surface area contributed by atoms with Gasteiger partial charge in [0, 0.05) is 13.5 Å². The number of rotatable bonds is 8. The summed E-state index contributed by atoms with van der Waals surface area (Å²) < 4.78 is 0. The minimum atomic E-state index is -0.364. The molecule has 2 N–H and O–H groups in total. The van der Waals surface area contributed by atoms with Crippen LogP contribution in [0.2, 0.25) is 0 Å². The van der Waals surface area contributed by atoms with Gasteiger partial charge in [-0.2, -0.15) is 0 Å². The van der Waals surface area contributed by atoms with Crippen molar-refractivity contribution in [3.8, 4) is 0 Å². The zero-order chi connectivity index (χ0) is 17.5. The molecule has 0 spiro atoms. The number of carbonyl (C=O) groups excluding carboxylic acids is 3. The van der Waals surface area contributed by atoms with E-state index in [0.717, 1.165) is 24.9 Å². The number of hydrogen-bond acceptors (Lipinski definition) is 3. The Kier molecular flexibility index (Phi) is 6.35. The largest absolute Gasteiger partial charge is 0.347 e. The summed E-state index contributed by atoms with van der Waals surface area (Å²) in [5.41, 5.74) is 1.08. The maximum Gasteiger partial charge on any atom is 0.242 e. The maximum atomic E-state index is 12.6. The molecule has 1 aromatic carbocycles. The van der Waals surface area contributed by atoms with Gasteiger partial charge in [-0.25, -0.2) is 0 Å². The summed E-state index contributed by atoms with van der Waals surface area (Å²) in [6.07, 6.45) is 2.31. The van der Waals surface area contributed by atoms with Crippen LogP contribution in [-0.4, -0.2) is 42.3 Å². The quantitative estimate of drug-likeness (QED) is 0.752. The zero-order valence-corrected chi connectivity index (χ0v) is 14.2. The Balaban J connectivity index is 1.92. The standard InChI is InChI=1S/C18H25N3O3/c1-13(16-6-4-3-5-7-16)21(12-15-8-9-15)18(24)11-20-17(23)10-19-14(2)22/h3-7,13,15H,8-12H2,1-2H3,(H,19,22)(H,20,23)/t13-/m0/s1. The minimum Gasteiger partial charge on any atom is -0.347 e. The molecule has 0 unspecified atom stereocenters. The van der Waals surface area contributed by atoms with E-state index in [1.165, 1.54) is 6.92 Å². The Morgan fingerprint density at radius 1 is 1.12 bits per heavy atom. The van der Waals surface area contributed by atoms with Crippen molar-refractivity contribution < 1.29 is 14.4 Å². The van der Waals surface area contributed by atoms with Crippen LogP contribution in [0.15, 0.2) is 30.3 Å². The monoisotopic (exact) mass is 331 g/mol. The summed E-state index contributed by atoms with van der Waals surface area (Å²) >= 11 is 0. The van der Waals surface area contributed by atoms with Gasteiger partial charge in [0.05, 0.1) is 19.1 Å². The Morgan fingerprint density at radius 3 is 2.38 bits per heavy atom. The third kappa shape index (κ3) is 5.68. The van der Waals surface area contributed by atoms with Gasteiger partial charge >= 0.3 is 0 Å². The molecule has 1 aliphatic rings. The predicted molar refractivity (Wildman–Crippen MR) is 91.0 cm³/mol. The molecule has 6 heteroatoms. The second-order valence-electron chi connectivity index (χ2n) is 6.26. The lowest BCUT2D eigenvalue weighted by Crippen LogP contribution is -2.44. The van der Waals surface area contributed by atoms with E-state index in [1.54, 1.807) is 0 Å². The lowest BCUT2D eigenvalue weighted by molar-refractivity contribution is -0.134. The SMILES string of the molecule is CC(=O)NCC(=O)NCC(=O)N(CC1CC1)[C@@H](C)c1ccccc1. The fraction of sp³-hybridized carbons (Fsp3) is 0.500. The van der Waals surface area contributed by atoms with Crippen LogP contribution in [-0.2, 0) is 14.4 Å². The summed E-state index contributed by atoms with van der Waals surface area (Å²) in [5, 5.41) is 4.99. The molecule has 24 heavy (non-hydrogen) atoms. The van der Waals surface area contributed by atoms with Gasteiger partial charge in [-0.3, -0.25) is 14.4 Å².